The number of carbonyl (C=O) groups excluding carboxylic acids is 1. The average Bonchev–Trinajstić information content (AvgIpc) is 3.14. The molecule has 1 aliphatic rings. The van der Waals surface area contributed by atoms with Crippen molar-refractivity contribution in [1.29, 1.82) is 0 Å². The number of benzene rings is 2. The summed E-state index contributed by atoms with van der Waals surface area (Å²) >= 11 is 0. The monoisotopic (exact) mass is 359 g/mol. The van der Waals surface area contributed by atoms with E-state index in [9.17, 15) is 9.18 Å². The first-order valence-corrected chi connectivity index (χ1v) is 8.75. The molecule has 4 rings (SSSR count). The number of aryl methyl sites for hydroxylation is 1. The lowest BCUT2D eigenvalue weighted by Gasteiger charge is -2.22. The van der Waals surface area contributed by atoms with Crippen LogP contribution >= 0.6 is 0 Å². The van der Waals surface area contributed by atoms with Crippen LogP contribution < -0.4 is 0 Å². The van der Waals surface area contributed by atoms with Gasteiger partial charge in [0.05, 0.1) is 17.3 Å². The molecular formula is C22H18FN3O. The highest BCUT2D eigenvalue weighted by Crippen LogP contribution is 2.34. The molecule has 0 radical (unpaired) electrons. The minimum Gasteiger partial charge on any atom is -0.267 e. The van der Waals surface area contributed by atoms with Crippen LogP contribution in [0.4, 0.5) is 4.39 Å². The fourth-order valence-electron chi connectivity index (χ4n) is 3.18. The lowest BCUT2D eigenvalue weighted by molar-refractivity contribution is 0.0710. The van der Waals surface area contributed by atoms with Crippen molar-refractivity contribution in [3.8, 4) is 0 Å². The molecule has 5 heteroatoms. The van der Waals surface area contributed by atoms with E-state index in [0.29, 0.717) is 12.0 Å². The van der Waals surface area contributed by atoms with Crippen molar-refractivity contribution in [1.82, 2.24) is 9.99 Å². The molecule has 2 aromatic carbocycles. The Morgan fingerprint density at radius 3 is 2.48 bits per heavy atom. The van der Waals surface area contributed by atoms with E-state index in [-0.39, 0.29) is 17.8 Å². The third kappa shape index (κ3) is 3.49. The number of hydrogen-bond acceptors (Lipinski definition) is 3. The van der Waals surface area contributed by atoms with Crippen molar-refractivity contribution in [2.75, 3.05) is 0 Å². The molecule has 3 aromatic rings. The molecule has 0 spiro atoms. The summed E-state index contributed by atoms with van der Waals surface area (Å²) in [5, 5.41) is 6.11. The molecule has 0 N–H and O–H groups in total. The smallest absolute Gasteiger partial charge is 0.267 e. The van der Waals surface area contributed by atoms with Crippen molar-refractivity contribution in [3.05, 3.63) is 101 Å². The first kappa shape index (κ1) is 17.1. The normalized spacial score (nSPS) is 16.3. The molecule has 1 atom stereocenters. The first-order valence-electron chi connectivity index (χ1n) is 8.75. The van der Waals surface area contributed by atoms with Gasteiger partial charge in [-0.25, -0.2) is 9.40 Å². The van der Waals surface area contributed by atoms with Gasteiger partial charge in [-0.3, -0.25) is 9.78 Å². The summed E-state index contributed by atoms with van der Waals surface area (Å²) in [7, 11) is 0. The molecule has 0 fully saturated rings. The molecule has 0 aliphatic carbocycles. The summed E-state index contributed by atoms with van der Waals surface area (Å²) in [6.07, 6.45) is 3.73. The second-order valence-corrected chi connectivity index (χ2v) is 6.58. The third-order valence-electron chi connectivity index (χ3n) is 4.67. The van der Waals surface area contributed by atoms with Gasteiger partial charge < -0.3 is 0 Å². The Hall–Kier alpha value is -3.34. The maximum atomic E-state index is 13.4. The van der Waals surface area contributed by atoms with Gasteiger partial charge in [0.15, 0.2) is 0 Å². The SMILES string of the molecule is Cc1ccc(C2=NN(C(=O)c3cccnc3)C(c3ccc(F)cc3)C2)cc1. The molecule has 2 heterocycles. The highest BCUT2D eigenvalue weighted by molar-refractivity contribution is 6.05. The maximum Gasteiger partial charge on any atom is 0.276 e. The number of rotatable bonds is 3. The number of carbonyl (C=O) groups is 1. The minimum absolute atomic E-state index is 0.223. The highest BCUT2D eigenvalue weighted by Gasteiger charge is 2.33. The largest absolute Gasteiger partial charge is 0.276 e. The number of aromatic nitrogens is 1. The minimum atomic E-state index is -0.304. The van der Waals surface area contributed by atoms with Crippen LogP contribution in [0.25, 0.3) is 0 Å². The van der Waals surface area contributed by atoms with Crippen molar-refractivity contribution in [3.63, 3.8) is 0 Å². The first-order chi connectivity index (χ1) is 13.1. The predicted octanol–water partition coefficient (Wildman–Crippen LogP) is 4.52. The van der Waals surface area contributed by atoms with E-state index in [2.05, 4.69) is 10.1 Å². The summed E-state index contributed by atoms with van der Waals surface area (Å²) in [5.74, 6) is -0.527. The van der Waals surface area contributed by atoms with Crippen LogP contribution in [0.1, 0.15) is 39.5 Å². The second kappa shape index (κ2) is 7.11. The lowest BCUT2D eigenvalue weighted by atomic mass is 9.97. The van der Waals surface area contributed by atoms with Gasteiger partial charge in [0.25, 0.3) is 5.91 Å². The van der Waals surface area contributed by atoms with Crippen molar-refractivity contribution >= 4 is 11.6 Å². The Morgan fingerprint density at radius 1 is 1.07 bits per heavy atom. The predicted molar refractivity (Wildman–Crippen MR) is 102 cm³/mol. The Morgan fingerprint density at radius 2 is 1.81 bits per heavy atom. The Bertz CT molecular complexity index is 982. The molecule has 1 aromatic heterocycles. The molecule has 27 heavy (non-hydrogen) atoms. The number of hydrogen-bond donors (Lipinski definition) is 0. The van der Waals surface area contributed by atoms with E-state index in [4.69, 9.17) is 0 Å². The third-order valence-corrected chi connectivity index (χ3v) is 4.67. The van der Waals surface area contributed by atoms with Crippen LogP contribution in [0.3, 0.4) is 0 Å². The molecule has 134 valence electrons. The standard InChI is InChI=1S/C22H18FN3O/c1-15-4-6-16(7-5-15)20-13-21(17-8-10-19(23)11-9-17)26(25-20)22(27)18-3-2-12-24-14-18/h2-12,14,21H,13H2,1H3. The molecule has 0 saturated heterocycles. The van der Waals surface area contributed by atoms with Crippen LogP contribution in [0, 0.1) is 12.7 Å². The fourth-order valence-corrected chi connectivity index (χ4v) is 3.18. The van der Waals surface area contributed by atoms with E-state index in [1.54, 1.807) is 30.5 Å². The zero-order chi connectivity index (χ0) is 18.8. The van der Waals surface area contributed by atoms with Gasteiger partial charge in [-0.1, -0.05) is 42.0 Å². The van der Waals surface area contributed by atoms with Crippen molar-refractivity contribution in [2.24, 2.45) is 5.10 Å². The zero-order valence-corrected chi connectivity index (χ0v) is 14.8. The van der Waals surface area contributed by atoms with Gasteiger partial charge in [-0.15, -0.1) is 0 Å². The molecule has 1 amide bonds. The molecule has 1 aliphatic heterocycles. The van der Waals surface area contributed by atoms with Gasteiger partial charge >= 0.3 is 0 Å². The van der Waals surface area contributed by atoms with Gasteiger partial charge in [0, 0.05) is 18.8 Å². The topological polar surface area (TPSA) is 45.6 Å². The van der Waals surface area contributed by atoms with Gasteiger partial charge in [-0.2, -0.15) is 5.10 Å². The molecular weight excluding hydrogens is 341 g/mol. The van der Waals surface area contributed by atoms with Crippen molar-refractivity contribution in [2.45, 2.75) is 19.4 Å². The Labute approximate surface area is 157 Å². The summed E-state index contributed by atoms with van der Waals surface area (Å²) in [6, 6.07) is 17.5. The summed E-state index contributed by atoms with van der Waals surface area (Å²) in [4.78, 5) is 17.1. The van der Waals surface area contributed by atoms with Crippen LogP contribution in [0.15, 0.2) is 78.2 Å². The average molecular weight is 359 g/mol. The van der Waals surface area contributed by atoms with E-state index in [0.717, 1.165) is 22.4 Å². The molecule has 0 bridgehead atoms. The van der Waals surface area contributed by atoms with Crippen LogP contribution in [-0.2, 0) is 0 Å². The summed E-state index contributed by atoms with van der Waals surface area (Å²) in [5.41, 5.74) is 4.30. The van der Waals surface area contributed by atoms with Crippen LogP contribution in [0.2, 0.25) is 0 Å². The summed E-state index contributed by atoms with van der Waals surface area (Å²) < 4.78 is 13.4. The lowest BCUT2D eigenvalue weighted by Crippen LogP contribution is -2.27. The zero-order valence-electron chi connectivity index (χ0n) is 14.8. The second-order valence-electron chi connectivity index (χ2n) is 6.58. The number of hydrazone groups is 1. The Kier molecular flexibility index (Phi) is 4.50. The molecule has 4 nitrogen and oxygen atoms in total. The van der Waals surface area contributed by atoms with Gasteiger partial charge in [0.2, 0.25) is 0 Å². The van der Waals surface area contributed by atoms with E-state index in [1.807, 2.05) is 31.2 Å². The van der Waals surface area contributed by atoms with E-state index < -0.39 is 0 Å². The molecule has 0 saturated carbocycles. The highest BCUT2D eigenvalue weighted by atomic mass is 19.1. The number of amides is 1. The number of pyridine rings is 1. The quantitative estimate of drug-likeness (QED) is 0.690. The van der Waals surface area contributed by atoms with Gasteiger partial charge in [-0.05, 0) is 42.3 Å². The fraction of sp³-hybridized carbons (Fsp3) is 0.136. The molecule has 1 unspecified atom stereocenters. The number of halogens is 1. The van der Waals surface area contributed by atoms with Gasteiger partial charge in [0.1, 0.15) is 5.82 Å². The Balaban J connectivity index is 1.72. The van der Waals surface area contributed by atoms with E-state index >= 15 is 0 Å². The van der Waals surface area contributed by atoms with E-state index in [1.165, 1.54) is 23.3 Å². The van der Waals surface area contributed by atoms with Crippen LogP contribution in [0.5, 0.6) is 0 Å². The number of nitrogens with zero attached hydrogens (tertiary/aromatic N) is 3. The van der Waals surface area contributed by atoms with Crippen molar-refractivity contribution < 1.29 is 9.18 Å². The van der Waals surface area contributed by atoms with Crippen LogP contribution in [-0.4, -0.2) is 21.6 Å². The summed E-state index contributed by atoms with van der Waals surface area (Å²) in [6.45, 7) is 2.03. The maximum absolute atomic E-state index is 13.4.